The molecule has 0 rings (SSSR count). The van der Waals surface area contributed by atoms with Gasteiger partial charge < -0.3 is 26.5 Å². The predicted octanol–water partition coefficient (Wildman–Crippen LogP) is -0.678. The summed E-state index contributed by atoms with van der Waals surface area (Å²) in [6, 6.07) is -1.32. The number of rotatable bonds is 11. The monoisotopic (exact) mass is 342 g/mol. The number of carbonyl (C=O) groups excluding carboxylic acids is 4. The lowest BCUT2D eigenvalue weighted by molar-refractivity contribution is -0.130. The third-order valence-electron chi connectivity index (χ3n) is 3.20. The Hall–Kier alpha value is -1.96. The molecule has 0 aliphatic carbocycles. The zero-order valence-corrected chi connectivity index (χ0v) is 14.9. The van der Waals surface area contributed by atoms with Crippen LogP contribution >= 0.6 is 0 Å². The maximum atomic E-state index is 12.2. The van der Waals surface area contributed by atoms with E-state index in [0.717, 1.165) is 0 Å². The van der Waals surface area contributed by atoms with Gasteiger partial charge in [0.25, 0.3) is 0 Å². The summed E-state index contributed by atoms with van der Waals surface area (Å²) < 4.78 is 0. The molecule has 0 heterocycles. The van der Waals surface area contributed by atoms with E-state index < -0.39 is 29.8 Å². The van der Waals surface area contributed by atoms with Gasteiger partial charge in [-0.25, -0.2) is 0 Å². The van der Waals surface area contributed by atoms with Crippen LogP contribution in [-0.2, 0) is 19.2 Å². The zero-order chi connectivity index (χ0) is 18.7. The molecule has 5 N–H and O–H groups in total. The van der Waals surface area contributed by atoms with Gasteiger partial charge in [-0.3, -0.25) is 14.4 Å². The SMILES string of the molecule is CC(C)C[C@@H](C=O)NC(=O)CNC(=O)[C@H](CC(C)C)NC(=O)CN. The summed E-state index contributed by atoms with van der Waals surface area (Å²) >= 11 is 0. The Morgan fingerprint density at radius 1 is 0.958 bits per heavy atom. The molecule has 3 amide bonds. The third kappa shape index (κ3) is 9.94. The normalized spacial score (nSPS) is 13.3. The summed E-state index contributed by atoms with van der Waals surface area (Å²) in [6.07, 6.45) is 1.65. The molecule has 0 fully saturated rings. The average molecular weight is 342 g/mol. The minimum Gasteiger partial charge on any atom is -0.345 e. The maximum Gasteiger partial charge on any atom is 0.243 e. The summed E-state index contributed by atoms with van der Waals surface area (Å²) in [7, 11) is 0. The van der Waals surface area contributed by atoms with Crippen molar-refractivity contribution in [3.63, 3.8) is 0 Å². The fourth-order valence-electron chi connectivity index (χ4n) is 2.16. The van der Waals surface area contributed by atoms with Crippen molar-refractivity contribution in [3.05, 3.63) is 0 Å². The van der Waals surface area contributed by atoms with Gasteiger partial charge in [-0.15, -0.1) is 0 Å². The molecule has 0 aliphatic rings. The lowest BCUT2D eigenvalue weighted by Gasteiger charge is -2.20. The van der Waals surface area contributed by atoms with Crippen LogP contribution in [0.15, 0.2) is 0 Å². The quantitative estimate of drug-likeness (QED) is 0.370. The Labute approximate surface area is 143 Å². The second-order valence-electron chi connectivity index (χ2n) is 6.61. The molecular formula is C16H30N4O4. The zero-order valence-electron chi connectivity index (χ0n) is 14.9. The number of carbonyl (C=O) groups is 4. The van der Waals surface area contributed by atoms with Crippen LogP contribution in [0, 0.1) is 11.8 Å². The summed E-state index contributed by atoms with van der Waals surface area (Å²) in [4.78, 5) is 46.3. The Balaban J connectivity index is 4.51. The van der Waals surface area contributed by atoms with Crippen LogP contribution in [0.2, 0.25) is 0 Å². The molecule has 0 aromatic heterocycles. The molecule has 0 bridgehead atoms. The van der Waals surface area contributed by atoms with E-state index in [1.165, 1.54) is 0 Å². The molecule has 24 heavy (non-hydrogen) atoms. The van der Waals surface area contributed by atoms with Crippen LogP contribution in [0.5, 0.6) is 0 Å². The largest absolute Gasteiger partial charge is 0.345 e. The number of aldehydes is 1. The lowest BCUT2D eigenvalue weighted by Crippen LogP contribution is -2.51. The van der Waals surface area contributed by atoms with Crippen molar-refractivity contribution in [2.24, 2.45) is 17.6 Å². The first kappa shape index (κ1) is 22.0. The smallest absolute Gasteiger partial charge is 0.243 e. The van der Waals surface area contributed by atoms with Crippen molar-refractivity contribution in [1.82, 2.24) is 16.0 Å². The van der Waals surface area contributed by atoms with Crippen LogP contribution in [0.1, 0.15) is 40.5 Å². The number of hydrogen-bond acceptors (Lipinski definition) is 5. The lowest BCUT2D eigenvalue weighted by atomic mass is 10.0. The Kier molecular flexibility index (Phi) is 10.6. The van der Waals surface area contributed by atoms with Crippen LogP contribution in [0.3, 0.4) is 0 Å². The molecule has 8 nitrogen and oxygen atoms in total. The average Bonchev–Trinajstić information content (AvgIpc) is 2.50. The van der Waals surface area contributed by atoms with Crippen molar-refractivity contribution in [2.45, 2.75) is 52.6 Å². The number of nitrogens with one attached hydrogen (secondary N) is 3. The molecule has 0 radical (unpaired) electrons. The summed E-state index contributed by atoms with van der Waals surface area (Å²) in [5, 5.41) is 7.57. The molecule has 2 atom stereocenters. The number of nitrogens with two attached hydrogens (primary N) is 1. The summed E-state index contributed by atoms with van der Waals surface area (Å²) in [6.45, 7) is 7.26. The Morgan fingerprint density at radius 2 is 1.54 bits per heavy atom. The molecule has 0 unspecified atom stereocenters. The fraction of sp³-hybridized carbons (Fsp3) is 0.750. The van der Waals surface area contributed by atoms with E-state index in [0.29, 0.717) is 19.1 Å². The first-order valence-corrected chi connectivity index (χ1v) is 8.21. The minimum atomic E-state index is -0.744. The van der Waals surface area contributed by atoms with Gasteiger partial charge in [0.15, 0.2) is 0 Å². The van der Waals surface area contributed by atoms with E-state index in [4.69, 9.17) is 5.73 Å². The van der Waals surface area contributed by atoms with Gasteiger partial charge in [0.05, 0.1) is 19.1 Å². The second kappa shape index (κ2) is 11.6. The molecule has 0 aromatic carbocycles. The van der Waals surface area contributed by atoms with Crippen LogP contribution < -0.4 is 21.7 Å². The van der Waals surface area contributed by atoms with Crippen molar-refractivity contribution in [3.8, 4) is 0 Å². The highest BCUT2D eigenvalue weighted by Crippen LogP contribution is 2.05. The summed E-state index contributed by atoms with van der Waals surface area (Å²) in [5.41, 5.74) is 5.24. The van der Waals surface area contributed by atoms with Crippen molar-refractivity contribution >= 4 is 24.0 Å². The molecule has 0 saturated carbocycles. The van der Waals surface area contributed by atoms with Gasteiger partial charge in [-0.2, -0.15) is 0 Å². The maximum absolute atomic E-state index is 12.2. The van der Waals surface area contributed by atoms with Crippen molar-refractivity contribution in [1.29, 1.82) is 0 Å². The Bertz CT molecular complexity index is 438. The van der Waals surface area contributed by atoms with Gasteiger partial charge in [0, 0.05) is 0 Å². The standard InChI is InChI=1S/C16H30N4O4/c1-10(2)5-12(9-21)19-15(23)8-18-16(24)13(6-11(3)4)20-14(22)7-17/h9-13H,5-8,17H2,1-4H3,(H,18,24)(H,19,23)(H,20,22)/t12-,13-/m0/s1. The highest BCUT2D eigenvalue weighted by atomic mass is 16.2. The van der Waals surface area contributed by atoms with Gasteiger partial charge in [-0.1, -0.05) is 27.7 Å². The topological polar surface area (TPSA) is 130 Å². The van der Waals surface area contributed by atoms with E-state index in [-0.39, 0.29) is 24.9 Å². The molecule has 138 valence electrons. The third-order valence-corrected chi connectivity index (χ3v) is 3.20. The first-order chi connectivity index (χ1) is 11.2. The van der Waals surface area contributed by atoms with E-state index in [1.54, 1.807) is 0 Å². The molecule has 0 saturated heterocycles. The second-order valence-corrected chi connectivity index (χ2v) is 6.61. The number of hydrogen-bond donors (Lipinski definition) is 4. The molecule has 0 spiro atoms. The Morgan fingerprint density at radius 3 is 2.00 bits per heavy atom. The molecule has 8 heteroatoms. The van der Waals surface area contributed by atoms with Crippen molar-refractivity contribution < 1.29 is 19.2 Å². The minimum absolute atomic E-state index is 0.179. The van der Waals surface area contributed by atoms with Gasteiger partial charge >= 0.3 is 0 Å². The molecule has 0 aromatic rings. The van der Waals surface area contributed by atoms with E-state index >= 15 is 0 Å². The first-order valence-electron chi connectivity index (χ1n) is 8.21. The van der Waals surface area contributed by atoms with E-state index in [1.807, 2.05) is 27.7 Å². The van der Waals surface area contributed by atoms with E-state index in [2.05, 4.69) is 16.0 Å². The van der Waals surface area contributed by atoms with Crippen LogP contribution in [0.4, 0.5) is 0 Å². The van der Waals surface area contributed by atoms with Gasteiger partial charge in [0.1, 0.15) is 12.3 Å². The molecule has 0 aliphatic heterocycles. The van der Waals surface area contributed by atoms with Crippen molar-refractivity contribution in [2.75, 3.05) is 13.1 Å². The van der Waals surface area contributed by atoms with E-state index in [9.17, 15) is 19.2 Å². The fourth-order valence-corrected chi connectivity index (χ4v) is 2.16. The predicted molar refractivity (Wildman–Crippen MR) is 90.9 cm³/mol. The highest BCUT2D eigenvalue weighted by Gasteiger charge is 2.22. The number of amides is 3. The van der Waals surface area contributed by atoms with Gasteiger partial charge in [0.2, 0.25) is 17.7 Å². The molecular weight excluding hydrogens is 312 g/mol. The van der Waals surface area contributed by atoms with Crippen LogP contribution in [0.25, 0.3) is 0 Å². The van der Waals surface area contributed by atoms with Gasteiger partial charge in [-0.05, 0) is 24.7 Å². The van der Waals surface area contributed by atoms with Crippen LogP contribution in [-0.4, -0.2) is 49.2 Å². The summed E-state index contributed by atoms with van der Waals surface area (Å²) in [5.74, 6) is -0.893. The highest BCUT2D eigenvalue weighted by molar-refractivity contribution is 5.91.